The zero-order chi connectivity index (χ0) is 19.8. The Bertz CT molecular complexity index is 800. The molecule has 0 saturated carbocycles. The summed E-state index contributed by atoms with van der Waals surface area (Å²) in [6.45, 7) is 1.62. The van der Waals surface area contributed by atoms with Crippen molar-refractivity contribution >= 4 is 17.6 Å². The summed E-state index contributed by atoms with van der Waals surface area (Å²) < 4.78 is 0. The van der Waals surface area contributed by atoms with Gasteiger partial charge in [-0.25, -0.2) is 0 Å². The second kappa shape index (κ2) is 9.78. The van der Waals surface area contributed by atoms with Gasteiger partial charge in [-0.15, -0.1) is 0 Å². The number of piperidine rings is 1. The van der Waals surface area contributed by atoms with E-state index in [1.165, 1.54) is 0 Å². The summed E-state index contributed by atoms with van der Waals surface area (Å²) in [5.74, 6) is -0.450. The molecule has 1 aromatic carbocycles. The first kappa shape index (κ1) is 19.7. The summed E-state index contributed by atoms with van der Waals surface area (Å²) >= 11 is 0. The van der Waals surface area contributed by atoms with Crippen molar-refractivity contribution in [1.29, 1.82) is 0 Å². The van der Waals surface area contributed by atoms with Crippen LogP contribution in [-0.4, -0.2) is 40.6 Å². The molecule has 28 heavy (non-hydrogen) atoms. The van der Waals surface area contributed by atoms with Crippen molar-refractivity contribution in [1.82, 2.24) is 15.2 Å². The van der Waals surface area contributed by atoms with Gasteiger partial charge >= 0.3 is 0 Å². The Balaban J connectivity index is 1.37. The van der Waals surface area contributed by atoms with Gasteiger partial charge in [-0.3, -0.25) is 19.4 Å². The van der Waals surface area contributed by atoms with Crippen LogP contribution >= 0.6 is 0 Å². The molecule has 1 saturated heterocycles. The molecule has 1 aliphatic heterocycles. The highest BCUT2D eigenvalue weighted by Gasteiger charge is 2.27. The average molecular weight is 379 g/mol. The van der Waals surface area contributed by atoms with Crippen LogP contribution in [0.4, 0.5) is 0 Å². The van der Waals surface area contributed by atoms with Gasteiger partial charge in [0.25, 0.3) is 5.91 Å². The molecular weight excluding hydrogens is 354 g/mol. The smallest absolute Gasteiger partial charge is 0.294 e. The Kier molecular flexibility index (Phi) is 6.89. The van der Waals surface area contributed by atoms with Gasteiger partial charge in [0, 0.05) is 44.0 Å². The second-order valence-corrected chi connectivity index (χ2v) is 7.11. The van der Waals surface area contributed by atoms with E-state index in [0.717, 1.165) is 24.8 Å². The van der Waals surface area contributed by atoms with Crippen LogP contribution in [0.1, 0.15) is 41.6 Å². The molecule has 0 bridgehead atoms. The van der Waals surface area contributed by atoms with Gasteiger partial charge in [0.1, 0.15) is 0 Å². The fourth-order valence-corrected chi connectivity index (χ4v) is 3.41. The maximum absolute atomic E-state index is 12.4. The molecule has 0 atom stereocenters. The molecule has 3 rings (SSSR count). The highest BCUT2D eigenvalue weighted by Crippen LogP contribution is 2.22. The van der Waals surface area contributed by atoms with Crippen LogP contribution in [0, 0.1) is 5.92 Å². The number of nitrogens with zero attached hydrogens (tertiary/aromatic N) is 2. The summed E-state index contributed by atoms with van der Waals surface area (Å²) in [4.78, 5) is 42.4. The van der Waals surface area contributed by atoms with Gasteiger partial charge in [0.2, 0.25) is 11.7 Å². The molecule has 0 radical (unpaired) electrons. The molecule has 1 aliphatic rings. The summed E-state index contributed by atoms with van der Waals surface area (Å²) in [6.07, 6.45) is 6.36. The van der Waals surface area contributed by atoms with Crippen molar-refractivity contribution in [3.05, 3.63) is 66.0 Å². The number of benzene rings is 1. The first-order valence-electron chi connectivity index (χ1n) is 9.67. The van der Waals surface area contributed by atoms with Gasteiger partial charge in [-0.1, -0.05) is 36.4 Å². The Hall–Kier alpha value is -3.02. The number of likely N-dealkylation sites (tertiary alicyclic amines) is 1. The highest BCUT2D eigenvalue weighted by molar-refractivity contribution is 6.42. The molecule has 0 aliphatic carbocycles. The molecule has 1 aromatic heterocycles. The van der Waals surface area contributed by atoms with E-state index in [4.69, 9.17) is 0 Å². The van der Waals surface area contributed by atoms with Crippen LogP contribution in [0.3, 0.4) is 0 Å². The highest BCUT2D eigenvalue weighted by atomic mass is 16.2. The zero-order valence-corrected chi connectivity index (χ0v) is 15.8. The van der Waals surface area contributed by atoms with E-state index in [-0.39, 0.29) is 5.91 Å². The van der Waals surface area contributed by atoms with Crippen LogP contribution in [-0.2, 0) is 16.1 Å². The van der Waals surface area contributed by atoms with Crippen LogP contribution < -0.4 is 5.32 Å². The average Bonchev–Trinajstić information content (AvgIpc) is 2.77. The second-order valence-electron chi connectivity index (χ2n) is 7.11. The maximum Gasteiger partial charge on any atom is 0.294 e. The third kappa shape index (κ3) is 5.49. The molecule has 6 nitrogen and oxygen atoms in total. The minimum atomic E-state index is -0.450. The van der Waals surface area contributed by atoms with E-state index >= 15 is 0 Å². The van der Waals surface area contributed by atoms with Gasteiger partial charge < -0.3 is 10.2 Å². The maximum atomic E-state index is 12.4. The molecule has 1 N–H and O–H groups in total. The van der Waals surface area contributed by atoms with Gasteiger partial charge in [-0.2, -0.15) is 0 Å². The van der Waals surface area contributed by atoms with E-state index < -0.39 is 11.7 Å². The molecule has 2 aromatic rings. The lowest BCUT2D eigenvalue weighted by Gasteiger charge is -2.31. The molecule has 0 spiro atoms. The normalized spacial score (nSPS) is 14.5. The van der Waals surface area contributed by atoms with Gasteiger partial charge in [-0.05, 0) is 36.8 Å². The minimum absolute atomic E-state index is 0.0293. The third-order valence-corrected chi connectivity index (χ3v) is 5.12. The Morgan fingerprint density at radius 3 is 2.46 bits per heavy atom. The van der Waals surface area contributed by atoms with E-state index in [9.17, 15) is 14.4 Å². The Labute approximate surface area is 165 Å². The van der Waals surface area contributed by atoms with E-state index in [1.54, 1.807) is 41.6 Å². The van der Waals surface area contributed by atoms with E-state index in [0.29, 0.717) is 37.5 Å². The number of amides is 2. The third-order valence-electron chi connectivity index (χ3n) is 5.12. The van der Waals surface area contributed by atoms with Crippen molar-refractivity contribution in [2.24, 2.45) is 5.92 Å². The number of Topliss-reactive ketones (excluding diaryl/α,β-unsaturated/α-hetero) is 1. The number of carbonyl (C=O) groups is 3. The summed E-state index contributed by atoms with van der Waals surface area (Å²) in [5, 5.41) is 2.91. The molecule has 1 fully saturated rings. The largest absolute Gasteiger partial charge is 0.352 e. The quantitative estimate of drug-likeness (QED) is 0.592. The van der Waals surface area contributed by atoms with Crippen LogP contribution in [0.2, 0.25) is 0 Å². The zero-order valence-electron chi connectivity index (χ0n) is 15.8. The van der Waals surface area contributed by atoms with Crippen molar-refractivity contribution < 1.29 is 14.4 Å². The molecule has 146 valence electrons. The lowest BCUT2D eigenvalue weighted by molar-refractivity contribution is -0.128. The number of aromatic nitrogens is 1. The number of hydrogen-bond donors (Lipinski definition) is 1. The first-order valence-corrected chi connectivity index (χ1v) is 9.67. The van der Waals surface area contributed by atoms with Gasteiger partial charge in [0.15, 0.2) is 0 Å². The number of carbonyl (C=O) groups excluding carboxylic acids is 3. The Morgan fingerprint density at radius 2 is 1.79 bits per heavy atom. The predicted octanol–water partition coefficient (Wildman–Crippen LogP) is 2.60. The van der Waals surface area contributed by atoms with Crippen LogP contribution in [0.25, 0.3) is 0 Å². The fourth-order valence-electron chi connectivity index (χ4n) is 3.41. The molecule has 0 unspecified atom stereocenters. The number of ketones is 1. The van der Waals surface area contributed by atoms with E-state index in [2.05, 4.69) is 10.3 Å². The van der Waals surface area contributed by atoms with Crippen LogP contribution in [0.15, 0.2) is 54.9 Å². The monoisotopic (exact) mass is 379 g/mol. The van der Waals surface area contributed by atoms with Crippen molar-refractivity contribution in [2.75, 3.05) is 13.1 Å². The lowest BCUT2D eigenvalue weighted by atomic mass is 9.91. The number of hydrogen-bond acceptors (Lipinski definition) is 4. The number of rotatable bonds is 7. The summed E-state index contributed by atoms with van der Waals surface area (Å²) in [7, 11) is 0. The number of nitrogens with one attached hydrogen (secondary N) is 1. The summed E-state index contributed by atoms with van der Waals surface area (Å²) in [5.41, 5.74) is 1.41. The van der Waals surface area contributed by atoms with Crippen LogP contribution in [0.5, 0.6) is 0 Å². The number of pyridine rings is 1. The summed E-state index contributed by atoms with van der Waals surface area (Å²) in [6, 6.07) is 12.4. The minimum Gasteiger partial charge on any atom is -0.352 e. The van der Waals surface area contributed by atoms with E-state index in [1.807, 2.05) is 18.2 Å². The van der Waals surface area contributed by atoms with Crippen molar-refractivity contribution in [3.8, 4) is 0 Å². The Morgan fingerprint density at radius 1 is 1.04 bits per heavy atom. The molecule has 6 heteroatoms. The van der Waals surface area contributed by atoms with Gasteiger partial charge in [0.05, 0.1) is 0 Å². The van der Waals surface area contributed by atoms with Crippen molar-refractivity contribution in [3.63, 3.8) is 0 Å². The molecular formula is C22H25N3O3. The SMILES string of the molecule is O=C(CCC1CCN(C(=O)C(=O)c2ccccc2)CC1)NCc1cccnc1. The topological polar surface area (TPSA) is 79.4 Å². The standard InChI is InChI=1S/C22H25N3O3/c26-20(24-16-18-5-4-12-23-15-18)9-8-17-10-13-25(14-11-17)22(28)21(27)19-6-2-1-3-7-19/h1-7,12,15,17H,8-11,13-14,16H2,(H,24,26). The lowest BCUT2D eigenvalue weighted by Crippen LogP contribution is -2.42. The van der Waals surface area contributed by atoms with Crippen molar-refractivity contribution in [2.45, 2.75) is 32.2 Å². The predicted molar refractivity (Wildman–Crippen MR) is 105 cm³/mol. The fraction of sp³-hybridized carbons (Fsp3) is 0.364. The molecule has 2 heterocycles. The molecule has 2 amide bonds. The first-order chi connectivity index (χ1) is 13.6.